The lowest BCUT2D eigenvalue weighted by atomic mass is 9.80. The fourth-order valence-corrected chi connectivity index (χ4v) is 4.23. The van der Waals surface area contributed by atoms with Gasteiger partial charge in [-0.2, -0.15) is 0 Å². The average molecular weight is 358 g/mol. The van der Waals surface area contributed by atoms with Crippen molar-refractivity contribution in [3.63, 3.8) is 0 Å². The number of benzene rings is 1. The van der Waals surface area contributed by atoms with Crippen molar-refractivity contribution in [1.82, 2.24) is 10.3 Å². The first-order valence-corrected chi connectivity index (χ1v) is 9.52. The molecule has 1 heterocycles. The Labute approximate surface area is 154 Å². The Morgan fingerprint density at radius 3 is 2.84 bits per heavy atom. The van der Waals surface area contributed by atoms with Gasteiger partial charge in [0.25, 0.3) is 0 Å². The standard InChI is InChI=1S/C20H27N3OS/c1-4-11(2)18(19(21)25)23-20(24)13-9-12(3)17-15(10-13)14-7-5-6-8-16(14)22-17/h5-8,11-13,18,22H,4,9-10H2,1-3H3,(H2,21,25)(H,23,24)/t11?,12?,13?,18-/m0/s1. The van der Waals surface area contributed by atoms with E-state index in [0.717, 1.165) is 24.8 Å². The summed E-state index contributed by atoms with van der Waals surface area (Å²) in [6.07, 6.45) is 2.53. The summed E-state index contributed by atoms with van der Waals surface area (Å²) >= 11 is 5.17. The number of hydrogen-bond acceptors (Lipinski definition) is 2. The number of thiocarbonyl (C=S) groups is 1. The van der Waals surface area contributed by atoms with Crippen molar-refractivity contribution < 1.29 is 4.79 Å². The van der Waals surface area contributed by atoms with Gasteiger partial charge in [-0.25, -0.2) is 0 Å². The van der Waals surface area contributed by atoms with Crippen molar-refractivity contribution >= 4 is 34.0 Å². The number of nitrogens with two attached hydrogens (primary N) is 1. The number of carbonyl (C=O) groups is 1. The highest BCUT2D eigenvalue weighted by atomic mass is 32.1. The molecule has 4 N–H and O–H groups in total. The maximum atomic E-state index is 12.9. The number of aromatic nitrogens is 1. The summed E-state index contributed by atoms with van der Waals surface area (Å²) in [7, 11) is 0. The molecule has 1 amide bonds. The largest absolute Gasteiger partial charge is 0.392 e. The van der Waals surface area contributed by atoms with Gasteiger partial charge in [-0.05, 0) is 36.3 Å². The Bertz CT molecular complexity index is 797. The van der Waals surface area contributed by atoms with Gasteiger partial charge < -0.3 is 16.0 Å². The van der Waals surface area contributed by atoms with Crippen LogP contribution in [-0.2, 0) is 11.2 Å². The first-order valence-electron chi connectivity index (χ1n) is 9.11. The van der Waals surface area contributed by atoms with E-state index in [4.69, 9.17) is 18.0 Å². The minimum absolute atomic E-state index is 0.0392. The molecule has 4 atom stereocenters. The summed E-state index contributed by atoms with van der Waals surface area (Å²) in [6, 6.07) is 8.09. The molecule has 3 unspecified atom stereocenters. The van der Waals surface area contributed by atoms with Crippen molar-refractivity contribution in [2.45, 2.75) is 52.0 Å². The number of hydrogen-bond donors (Lipinski definition) is 3. The highest BCUT2D eigenvalue weighted by Gasteiger charge is 2.33. The number of rotatable bonds is 5. The van der Waals surface area contributed by atoms with Crippen LogP contribution in [0.5, 0.6) is 0 Å². The second-order valence-electron chi connectivity index (χ2n) is 7.37. The van der Waals surface area contributed by atoms with Gasteiger partial charge in [0.15, 0.2) is 0 Å². The molecule has 25 heavy (non-hydrogen) atoms. The second kappa shape index (κ2) is 7.16. The van der Waals surface area contributed by atoms with E-state index in [9.17, 15) is 4.79 Å². The maximum absolute atomic E-state index is 12.9. The molecule has 0 fully saturated rings. The van der Waals surface area contributed by atoms with E-state index in [1.54, 1.807) is 0 Å². The average Bonchev–Trinajstić information content (AvgIpc) is 2.98. The molecule has 1 aliphatic rings. The monoisotopic (exact) mass is 357 g/mol. The zero-order valence-corrected chi connectivity index (χ0v) is 16.0. The van der Waals surface area contributed by atoms with Crippen LogP contribution in [-0.4, -0.2) is 21.9 Å². The molecule has 1 aliphatic carbocycles. The van der Waals surface area contributed by atoms with E-state index in [2.05, 4.69) is 49.3 Å². The molecule has 1 aromatic heterocycles. The predicted octanol–water partition coefficient (Wildman–Crippen LogP) is 3.65. The maximum Gasteiger partial charge on any atom is 0.224 e. The number of para-hydroxylation sites is 1. The SMILES string of the molecule is CCC(C)[C@H](NC(=O)C1Cc2c([nH]c3ccccc23)C(C)C1)C(N)=S. The number of amides is 1. The van der Waals surface area contributed by atoms with Gasteiger partial charge >= 0.3 is 0 Å². The number of aromatic amines is 1. The first kappa shape index (κ1) is 17.9. The fourth-order valence-electron chi connectivity index (χ4n) is 3.94. The zero-order chi connectivity index (χ0) is 18.1. The summed E-state index contributed by atoms with van der Waals surface area (Å²) < 4.78 is 0. The summed E-state index contributed by atoms with van der Waals surface area (Å²) in [5.74, 6) is 0.605. The van der Waals surface area contributed by atoms with Gasteiger partial charge in [-0.15, -0.1) is 0 Å². The minimum atomic E-state index is -0.229. The van der Waals surface area contributed by atoms with Crippen LogP contribution in [0.4, 0.5) is 0 Å². The molecule has 0 spiro atoms. The quantitative estimate of drug-likeness (QED) is 0.715. The summed E-state index contributed by atoms with van der Waals surface area (Å²) in [5.41, 5.74) is 9.58. The molecule has 5 heteroatoms. The van der Waals surface area contributed by atoms with E-state index in [1.165, 1.54) is 16.6 Å². The minimum Gasteiger partial charge on any atom is -0.392 e. The highest BCUT2D eigenvalue weighted by Crippen LogP contribution is 2.38. The van der Waals surface area contributed by atoms with Crippen LogP contribution in [0.25, 0.3) is 10.9 Å². The third kappa shape index (κ3) is 3.43. The normalized spacial score (nSPS) is 22.2. The summed E-state index contributed by atoms with van der Waals surface area (Å²) in [5, 5.41) is 4.34. The molecule has 134 valence electrons. The molecule has 0 aliphatic heterocycles. The fraction of sp³-hybridized carbons (Fsp3) is 0.500. The Morgan fingerprint density at radius 1 is 1.44 bits per heavy atom. The molecule has 1 aromatic carbocycles. The number of fused-ring (bicyclic) bond motifs is 3. The Morgan fingerprint density at radius 2 is 2.16 bits per heavy atom. The molecule has 0 bridgehead atoms. The smallest absolute Gasteiger partial charge is 0.224 e. The summed E-state index contributed by atoms with van der Waals surface area (Å²) in [4.78, 5) is 16.8. The molecule has 0 saturated carbocycles. The highest BCUT2D eigenvalue weighted by molar-refractivity contribution is 7.80. The molecular weight excluding hydrogens is 330 g/mol. The third-order valence-corrected chi connectivity index (χ3v) is 5.87. The van der Waals surface area contributed by atoms with Crippen molar-refractivity contribution in [3.05, 3.63) is 35.5 Å². The zero-order valence-electron chi connectivity index (χ0n) is 15.1. The molecule has 3 rings (SSSR count). The van der Waals surface area contributed by atoms with E-state index < -0.39 is 0 Å². The van der Waals surface area contributed by atoms with Crippen molar-refractivity contribution in [2.75, 3.05) is 0 Å². The van der Waals surface area contributed by atoms with Crippen LogP contribution in [0.1, 0.15) is 50.8 Å². The lowest BCUT2D eigenvalue weighted by Crippen LogP contribution is -2.50. The van der Waals surface area contributed by atoms with Gasteiger partial charge in [-0.1, -0.05) is 57.6 Å². The molecule has 2 aromatic rings. The van der Waals surface area contributed by atoms with Gasteiger partial charge in [0.05, 0.1) is 11.0 Å². The molecule has 0 radical (unpaired) electrons. The van der Waals surface area contributed by atoms with E-state index >= 15 is 0 Å². The van der Waals surface area contributed by atoms with Crippen molar-refractivity contribution in [1.29, 1.82) is 0 Å². The summed E-state index contributed by atoms with van der Waals surface area (Å²) in [6.45, 7) is 6.35. The topological polar surface area (TPSA) is 70.9 Å². The van der Waals surface area contributed by atoms with Gasteiger partial charge in [0.2, 0.25) is 5.91 Å². The molecule has 4 nitrogen and oxygen atoms in total. The first-order chi connectivity index (χ1) is 11.9. The lowest BCUT2D eigenvalue weighted by molar-refractivity contribution is -0.126. The molecule has 0 saturated heterocycles. The number of H-pyrrole nitrogens is 1. The van der Waals surface area contributed by atoms with E-state index in [0.29, 0.717) is 10.9 Å². The van der Waals surface area contributed by atoms with Crippen LogP contribution >= 0.6 is 12.2 Å². The Hall–Kier alpha value is -1.88. The van der Waals surface area contributed by atoms with Crippen LogP contribution in [0.15, 0.2) is 24.3 Å². The Balaban J connectivity index is 1.82. The second-order valence-corrected chi connectivity index (χ2v) is 7.85. The molecular formula is C20H27N3OS. The van der Waals surface area contributed by atoms with E-state index in [-0.39, 0.29) is 23.8 Å². The van der Waals surface area contributed by atoms with Crippen LogP contribution in [0.3, 0.4) is 0 Å². The van der Waals surface area contributed by atoms with E-state index in [1.807, 2.05) is 6.07 Å². The number of nitrogens with one attached hydrogen (secondary N) is 2. The van der Waals surface area contributed by atoms with Gasteiger partial charge in [0.1, 0.15) is 0 Å². The van der Waals surface area contributed by atoms with Crippen molar-refractivity contribution in [2.24, 2.45) is 17.6 Å². The lowest BCUT2D eigenvalue weighted by Gasteiger charge is -2.30. The van der Waals surface area contributed by atoms with Crippen LogP contribution in [0, 0.1) is 11.8 Å². The predicted molar refractivity (Wildman–Crippen MR) is 107 cm³/mol. The Kier molecular flexibility index (Phi) is 5.13. The number of carbonyl (C=O) groups excluding carboxylic acids is 1. The van der Waals surface area contributed by atoms with Gasteiger partial charge in [0, 0.05) is 22.5 Å². The third-order valence-electron chi connectivity index (χ3n) is 5.62. The van der Waals surface area contributed by atoms with Crippen LogP contribution in [0.2, 0.25) is 0 Å². The van der Waals surface area contributed by atoms with Gasteiger partial charge in [-0.3, -0.25) is 4.79 Å². The van der Waals surface area contributed by atoms with Crippen molar-refractivity contribution in [3.8, 4) is 0 Å². The van der Waals surface area contributed by atoms with Crippen LogP contribution < -0.4 is 11.1 Å².